The van der Waals surface area contributed by atoms with Crippen LogP contribution in [-0.2, 0) is 111 Å². The number of rotatable bonds is 6. The van der Waals surface area contributed by atoms with E-state index < -0.39 is 0 Å². The van der Waals surface area contributed by atoms with Gasteiger partial charge >= 0.3 is 0 Å². The number of nitrogens with zero attached hydrogens (tertiary/aromatic N) is 6. The molecule has 0 fully saturated rings. The summed E-state index contributed by atoms with van der Waals surface area (Å²) in [5.41, 5.74) is 14.1. The van der Waals surface area contributed by atoms with Crippen molar-refractivity contribution in [2.24, 2.45) is 21.1 Å². The molecule has 9 heteroatoms. The van der Waals surface area contributed by atoms with Crippen LogP contribution in [0.5, 0.6) is 0 Å². The molecule has 4 heterocycles. The summed E-state index contributed by atoms with van der Waals surface area (Å²) >= 11 is 0. The molecule has 6 bridgehead atoms. The van der Waals surface area contributed by atoms with Crippen LogP contribution in [0.2, 0.25) is 0 Å². The molecule has 0 N–H and O–H groups in total. The molecule has 7 rings (SSSR count). The molecule has 0 radical (unpaired) electrons. The molecule has 0 unspecified atom stereocenters. The zero-order valence-electron chi connectivity index (χ0n) is 38.2. The van der Waals surface area contributed by atoms with Crippen LogP contribution in [0.1, 0.15) is 147 Å². The van der Waals surface area contributed by atoms with Crippen LogP contribution >= 0.6 is 0 Å². The van der Waals surface area contributed by atoms with Crippen LogP contribution in [0.15, 0.2) is 73.6 Å². The Hall–Kier alpha value is -4.83. The van der Waals surface area contributed by atoms with Crippen LogP contribution in [-0.4, -0.2) is 28.7 Å². The molecule has 0 aliphatic carbocycles. The smallest absolute Gasteiger partial charge is 0.112 e. The lowest BCUT2D eigenvalue weighted by molar-refractivity contribution is 0.0970. The zero-order valence-corrected chi connectivity index (χ0v) is 38.2. The van der Waals surface area contributed by atoms with E-state index >= 15 is 0 Å². The van der Waals surface area contributed by atoms with Crippen molar-refractivity contribution in [1.82, 2.24) is 28.7 Å². The van der Waals surface area contributed by atoms with Gasteiger partial charge in [-0.15, -0.1) is 0 Å². The Labute approximate surface area is 358 Å². The normalized spacial score (nSPS) is 14.6. The Morgan fingerprint density at radius 1 is 0.400 bits per heavy atom. The van der Waals surface area contributed by atoms with E-state index in [1.165, 1.54) is 66.8 Å². The minimum absolute atomic E-state index is 0.0847. The van der Waals surface area contributed by atoms with E-state index in [0.29, 0.717) is 58.9 Å². The summed E-state index contributed by atoms with van der Waals surface area (Å²) in [6.45, 7) is 23.3. The third-order valence-electron chi connectivity index (χ3n) is 12.2. The van der Waals surface area contributed by atoms with Gasteiger partial charge < -0.3 is 27.9 Å². The summed E-state index contributed by atoms with van der Waals surface area (Å²) in [5, 5.41) is 0. The molecule has 0 spiro atoms. The Bertz CT molecular complexity index is 2100. The molecule has 6 aromatic rings. The second kappa shape index (κ2) is 17.3. The molecule has 0 saturated carbocycles. The van der Waals surface area contributed by atoms with Crippen molar-refractivity contribution in [2.45, 2.75) is 137 Å². The van der Waals surface area contributed by atoms with E-state index in [1.54, 1.807) is 0 Å². The van der Waals surface area contributed by atoms with Gasteiger partial charge in [-0.25, -0.2) is 15.0 Å². The highest BCUT2D eigenvalue weighted by Gasteiger charge is 2.25. The van der Waals surface area contributed by atoms with Gasteiger partial charge in [-0.05, 0) is 83.0 Å². The van der Waals surface area contributed by atoms with E-state index in [2.05, 4.69) is 134 Å². The molecule has 1 aliphatic heterocycles. The van der Waals surface area contributed by atoms with E-state index in [0.717, 1.165) is 17.5 Å². The van der Waals surface area contributed by atoms with Gasteiger partial charge in [0.2, 0.25) is 0 Å². The average molecular weight is 811 g/mol. The zero-order chi connectivity index (χ0) is 43.0. The molecular formula is C51H66N6O3. The second-order valence-electron chi connectivity index (χ2n) is 19.9. The topological polar surface area (TPSA) is 81.1 Å². The summed E-state index contributed by atoms with van der Waals surface area (Å²) in [5.74, 6) is 3.01. The van der Waals surface area contributed by atoms with Gasteiger partial charge in [-0.2, -0.15) is 0 Å². The first kappa shape index (κ1) is 43.3. The standard InChI is InChI=1S/C51H66N6O3/c1-49(2,3)40-19-34-28-58-30-36-21-41(50(4,5)6)23-38(44(36)26-47-53-14-17-56(47)11)32-60-33-39-24-42(51(7,8)9)22-37(45(39)27-48-54-15-18-57(48)12)31-59-29-35(20-40)43(34)25-46-52-13-16-55(46)10/h13-24H,25-33H2,1-12H3. The maximum atomic E-state index is 6.88. The molecule has 0 saturated heterocycles. The van der Waals surface area contributed by atoms with E-state index in [-0.39, 0.29) is 16.2 Å². The summed E-state index contributed by atoms with van der Waals surface area (Å²) < 4.78 is 27.0. The van der Waals surface area contributed by atoms with Crippen LogP contribution in [0.4, 0.5) is 0 Å². The number of ether oxygens (including phenoxy) is 3. The Kier molecular flexibility index (Phi) is 12.5. The minimum atomic E-state index is -0.0847. The average Bonchev–Trinajstić information content (AvgIpc) is 3.89. The first-order valence-corrected chi connectivity index (χ1v) is 21.4. The Morgan fingerprint density at radius 3 is 0.783 bits per heavy atom. The van der Waals surface area contributed by atoms with Gasteiger partial charge in [0, 0.05) is 77.6 Å². The highest BCUT2D eigenvalue weighted by Crippen LogP contribution is 2.35. The summed E-state index contributed by atoms with van der Waals surface area (Å²) in [6, 6.07) is 14.1. The molecular weight excluding hydrogens is 745 g/mol. The van der Waals surface area contributed by atoms with Crippen LogP contribution in [0, 0.1) is 0 Å². The van der Waals surface area contributed by atoms with Crippen molar-refractivity contribution in [3.63, 3.8) is 0 Å². The molecule has 318 valence electrons. The fourth-order valence-corrected chi connectivity index (χ4v) is 8.13. The van der Waals surface area contributed by atoms with Gasteiger partial charge in [-0.3, -0.25) is 0 Å². The number of imidazole rings is 3. The Balaban J connectivity index is 1.43. The van der Waals surface area contributed by atoms with Gasteiger partial charge in [0.25, 0.3) is 0 Å². The molecule has 1 aliphatic rings. The summed E-state index contributed by atoms with van der Waals surface area (Å²) in [4.78, 5) is 14.3. The second-order valence-corrected chi connectivity index (χ2v) is 19.9. The molecule has 0 amide bonds. The Morgan fingerprint density at radius 2 is 0.617 bits per heavy atom. The van der Waals surface area contributed by atoms with Gasteiger partial charge in [-0.1, -0.05) is 98.7 Å². The maximum absolute atomic E-state index is 6.88. The molecule has 3 aromatic carbocycles. The van der Waals surface area contributed by atoms with Crippen molar-refractivity contribution in [2.75, 3.05) is 0 Å². The lowest BCUT2D eigenvalue weighted by atomic mass is 9.82. The number of fused-ring (bicyclic) bond motifs is 6. The van der Waals surface area contributed by atoms with Crippen molar-refractivity contribution in [3.8, 4) is 0 Å². The fraction of sp³-hybridized carbons (Fsp3) is 0.471. The largest absolute Gasteiger partial charge is 0.372 e. The minimum Gasteiger partial charge on any atom is -0.372 e. The van der Waals surface area contributed by atoms with Crippen LogP contribution < -0.4 is 0 Å². The quantitative estimate of drug-likeness (QED) is 0.167. The SMILES string of the molecule is Cn1ccnc1Cc1c2cc(C(C)(C)C)cc1COCc1cc(C(C)(C)C)cc(c1Cc1nccn1C)COCc1cc(C(C)(C)C)cc(c1Cc1nccn1C)COC2. The van der Waals surface area contributed by atoms with E-state index in [1.807, 2.05) is 37.2 Å². The predicted octanol–water partition coefficient (Wildman–Crippen LogP) is 10.0. The highest BCUT2D eigenvalue weighted by atomic mass is 16.5. The first-order valence-electron chi connectivity index (χ1n) is 21.4. The van der Waals surface area contributed by atoms with Gasteiger partial charge in [0.05, 0.1) is 39.6 Å². The highest BCUT2D eigenvalue weighted by molar-refractivity contribution is 5.46. The number of aryl methyl sites for hydroxylation is 3. The van der Waals surface area contributed by atoms with Crippen LogP contribution in [0.25, 0.3) is 0 Å². The van der Waals surface area contributed by atoms with Crippen molar-refractivity contribution in [3.05, 3.63) is 158 Å². The lowest BCUT2D eigenvalue weighted by Gasteiger charge is -2.27. The number of hydrogen-bond acceptors (Lipinski definition) is 6. The summed E-state index contributed by atoms with van der Waals surface area (Å²) in [7, 11) is 6.20. The fourth-order valence-electron chi connectivity index (χ4n) is 8.13. The van der Waals surface area contributed by atoms with Gasteiger partial charge in [0.1, 0.15) is 17.5 Å². The number of benzene rings is 3. The van der Waals surface area contributed by atoms with Crippen molar-refractivity contribution < 1.29 is 14.2 Å². The lowest BCUT2D eigenvalue weighted by Crippen LogP contribution is -2.18. The van der Waals surface area contributed by atoms with Crippen molar-refractivity contribution >= 4 is 0 Å². The molecule has 0 atom stereocenters. The van der Waals surface area contributed by atoms with E-state index in [9.17, 15) is 0 Å². The van der Waals surface area contributed by atoms with Crippen molar-refractivity contribution in [1.29, 1.82) is 0 Å². The molecule has 3 aromatic heterocycles. The van der Waals surface area contributed by atoms with E-state index in [4.69, 9.17) is 29.2 Å². The third kappa shape index (κ3) is 9.86. The molecule has 60 heavy (non-hydrogen) atoms. The number of hydrogen-bond donors (Lipinski definition) is 0. The maximum Gasteiger partial charge on any atom is 0.112 e. The predicted molar refractivity (Wildman–Crippen MR) is 239 cm³/mol. The monoisotopic (exact) mass is 811 g/mol. The van der Waals surface area contributed by atoms with Gasteiger partial charge in [0.15, 0.2) is 0 Å². The molecule has 9 nitrogen and oxygen atoms in total. The number of aromatic nitrogens is 6. The summed E-state index contributed by atoms with van der Waals surface area (Å²) in [6.07, 6.45) is 13.7. The van der Waals surface area contributed by atoms with Crippen LogP contribution in [0.3, 0.4) is 0 Å². The first-order chi connectivity index (χ1) is 28.3. The third-order valence-corrected chi connectivity index (χ3v) is 12.2.